The zero-order chi connectivity index (χ0) is 15.1. The van der Waals surface area contributed by atoms with E-state index in [0.717, 1.165) is 3.57 Å². The number of hydrogen-bond acceptors (Lipinski definition) is 3. The topological polar surface area (TPSA) is 58.6 Å². The lowest BCUT2D eigenvalue weighted by molar-refractivity contribution is -0.0689. The van der Waals surface area contributed by atoms with Crippen molar-refractivity contribution in [3.63, 3.8) is 0 Å². The minimum atomic E-state index is -0.380. The fraction of sp³-hybridized carbons (Fsp3) is 0.500. The van der Waals surface area contributed by atoms with E-state index >= 15 is 0 Å². The molecule has 1 aromatic rings. The van der Waals surface area contributed by atoms with Crippen molar-refractivity contribution >= 4 is 40.1 Å². The molecule has 0 aliphatic heterocycles. The quantitative estimate of drug-likeness (QED) is 0.755. The predicted octanol–water partition coefficient (Wildman–Crippen LogP) is 2.84. The standard InChI is InChI=1S/C14H17ClINO3/c1-14(2)11(6-12(14)18)17-13(19)7-4-8(15)9(16)5-10(7)20-3/h4-5,11-12,18H,6H2,1-3H3,(H,17,19). The van der Waals surface area contributed by atoms with Crippen LogP contribution in [0.1, 0.15) is 30.6 Å². The molecule has 2 atom stereocenters. The molecule has 1 fully saturated rings. The zero-order valence-corrected chi connectivity index (χ0v) is 14.4. The summed E-state index contributed by atoms with van der Waals surface area (Å²) in [5, 5.41) is 13.2. The smallest absolute Gasteiger partial charge is 0.255 e. The van der Waals surface area contributed by atoms with Crippen molar-refractivity contribution in [2.24, 2.45) is 5.41 Å². The van der Waals surface area contributed by atoms with Gasteiger partial charge in [0, 0.05) is 15.0 Å². The van der Waals surface area contributed by atoms with E-state index in [4.69, 9.17) is 16.3 Å². The van der Waals surface area contributed by atoms with E-state index in [0.29, 0.717) is 22.8 Å². The Morgan fingerprint density at radius 1 is 1.55 bits per heavy atom. The maximum absolute atomic E-state index is 12.4. The van der Waals surface area contributed by atoms with E-state index in [1.807, 2.05) is 13.8 Å². The lowest BCUT2D eigenvalue weighted by Crippen LogP contribution is -2.61. The van der Waals surface area contributed by atoms with E-state index in [-0.39, 0.29) is 23.5 Å². The van der Waals surface area contributed by atoms with Crippen molar-refractivity contribution in [3.05, 3.63) is 26.3 Å². The Labute approximate surface area is 137 Å². The summed E-state index contributed by atoms with van der Waals surface area (Å²) in [5.74, 6) is 0.263. The zero-order valence-electron chi connectivity index (χ0n) is 11.5. The number of aliphatic hydroxyl groups is 1. The molecule has 0 saturated heterocycles. The SMILES string of the molecule is COc1cc(I)c(Cl)cc1C(=O)NC1CC(O)C1(C)C. The number of benzene rings is 1. The Morgan fingerprint density at radius 3 is 2.70 bits per heavy atom. The lowest BCUT2D eigenvalue weighted by Gasteiger charge is -2.49. The van der Waals surface area contributed by atoms with Crippen molar-refractivity contribution in [2.45, 2.75) is 32.4 Å². The Balaban J connectivity index is 2.20. The number of carbonyl (C=O) groups excluding carboxylic acids is 1. The first-order chi connectivity index (χ1) is 9.27. The van der Waals surface area contributed by atoms with Crippen LogP contribution < -0.4 is 10.1 Å². The van der Waals surface area contributed by atoms with Crippen LogP contribution in [0.5, 0.6) is 5.75 Å². The molecular formula is C14H17ClINO3. The maximum Gasteiger partial charge on any atom is 0.255 e. The Hall–Kier alpha value is -0.530. The number of methoxy groups -OCH3 is 1. The summed E-state index contributed by atoms with van der Waals surface area (Å²) in [6, 6.07) is 3.30. The molecule has 1 saturated carbocycles. The van der Waals surface area contributed by atoms with Crippen LogP contribution in [0.3, 0.4) is 0 Å². The minimum absolute atomic E-state index is 0.0484. The second-order valence-electron chi connectivity index (χ2n) is 5.57. The molecule has 0 spiro atoms. The molecule has 1 amide bonds. The molecule has 1 aliphatic rings. The first kappa shape index (κ1) is 15.9. The lowest BCUT2D eigenvalue weighted by atomic mass is 9.64. The number of halogens is 2. The predicted molar refractivity (Wildman–Crippen MR) is 86.4 cm³/mol. The van der Waals surface area contributed by atoms with Gasteiger partial charge in [-0.3, -0.25) is 4.79 Å². The van der Waals surface area contributed by atoms with Crippen LogP contribution in [-0.2, 0) is 0 Å². The summed E-state index contributed by atoms with van der Waals surface area (Å²) in [5.41, 5.74) is 0.103. The summed E-state index contributed by atoms with van der Waals surface area (Å²) in [7, 11) is 1.52. The Kier molecular flexibility index (Phi) is 4.51. The average Bonchev–Trinajstić information content (AvgIpc) is 2.40. The summed E-state index contributed by atoms with van der Waals surface area (Å²) in [6.07, 6.45) is 0.189. The molecule has 2 unspecified atom stereocenters. The van der Waals surface area contributed by atoms with Gasteiger partial charge in [-0.1, -0.05) is 25.4 Å². The van der Waals surface area contributed by atoms with Gasteiger partial charge in [0.25, 0.3) is 5.91 Å². The molecule has 110 valence electrons. The number of amides is 1. The molecule has 2 N–H and O–H groups in total. The number of ether oxygens (including phenoxy) is 1. The van der Waals surface area contributed by atoms with Crippen molar-refractivity contribution in [2.75, 3.05) is 7.11 Å². The van der Waals surface area contributed by atoms with Gasteiger partial charge in [0.05, 0.1) is 23.8 Å². The number of aliphatic hydroxyl groups excluding tert-OH is 1. The van der Waals surface area contributed by atoms with Crippen LogP contribution >= 0.6 is 34.2 Å². The molecule has 0 heterocycles. The summed E-state index contributed by atoms with van der Waals surface area (Å²) in [4.78, 5) is 12.4. The van der Waals surface area contributed by atoms with Crippen LogP contribution in [0.2, 0.25) is 5.02 Å². The van der Waals surface area contributed by atoms with Crippen LogP contribution in [-0.4, -0.2) is 30.3 Å². The van der Waals surface area contributed by atoms with Crippen LogP contribution in [0.25, 0.3) is 0 Å². The summed E-state index contributed by atoms with van der Waals surface area (Å²) < 4.78 is 6.07. The largest absolute Gasteiger partial charge is 0.496 e. The van der Waals surface area contributed by atoms with Crippen LogP contribution in [0.15, 0.2) is 12.1 Å². The molecule has 1 aromatic carbocycles. The van der Waals surface area contributed by atoms with Crippen LogP contribution in [0.4, 0.5) is 0 Å². The third-order valence-corrected chi connectivity index (χ3v) is 5.53. The van der Waals surface area contributed by atoms with Gasteiger partial charge in [-0.25, -0.2) is 0 Å². The number of carbonyl (C=O) groups is 1. The van der Waals surface area contributed by atoms with E-state index in [1.165, 1.54) is 7.11 Å². The Morgan fingerprint density at radius 2 is 2.20 bits per heavy atom. The molecule has 0 bridgehead atoms. The number of hydrogen-bond donors (Lipinski definition) is 2. The molecule has 4 nitrogen and oxygen atoms in total. The van der Waals surface area contributed by atoms with Gasteiger partial charge in [0.1, 0.15) is 5.75 Å². The minimum Gasteiger partial charge on any atom is -0.496 e. The maximum atomic E-state index is 12.4. The molecule has 0 radical (unpaired) electrons. The van der Waals surface area contributed by atoms with Crippen molar-refractivity contribution in [1.82, 2.24) is 5.32 Å². The molecular weight excluding hydrogens is 393 g/mol. The second kappa shape index (κ2) is 5.69. The highest BCUT2D eigenvalue weighted by Gasteiger charge is 2.48. The number of nitrogens with one attached hydrogen (secondary N) is 1. The first-order valence-corrected chi connectivity index (χ1v) is 7.75. The number of rotatable bonds is 3. The fourth-order valence-corrected chi connectivity index (χ4v) is 2.86. The average molecular weight is 410 g/mol. The molecule has 0 aromatic heterocycles. The van der Waals surface area contributed by atoms with Gasteiger partial charge in [-0.15, -0.1) is 0 Å². The fourth-order valence-electron chi connectivity index (χ4n) is 2.26. The van der Waals surface area contributed by atoms with Gasteiger partial charge in [-0.05, 0) is 41.1 Å². The van der Waals surface area contributed by atoms with E-state index in [2.05, 4.69) is 27.9 Å². The van der Waals surface area contributed by atoms with E-state index in [1.54, 1.807) is 12.1 Å². The molecule has 2 rings (SSSR count). The second-order valence-corrected chi connectivity index (χ2v) is 7.13. The van der Waals surface area contributed by atoms with Gasteiger partial charge in [0.2, 0.25) is 0 Å². The molecule has 20 heavy (non-hydrogen) atoms. The van der Waals surface area contributed by atoms with Crippen molar-refractivity contribution < 1.29 is 14.6 Å². The van der Waals surface area contributed by atoms with Gasteiger partial charge in [0.15, 0.2) is 0 Å². The highest BCUT2D eigenvalue weighted by atomic mass is 127. The van der Waals surface area contributed by atoms with Gasteiger partial charge >= 0.3 is 0 Å². The van der Waals surface area contributed by atoms with Crippen LogP contribution in [0, 0.1) is 8.99 Å². The van der Waals surface area contributed by atoms with Gasteiger partial charge < -0.3 is 15.2 Å². The monoisotopic (exact) mass is 409 g/mol. The highest BCUT2D eigenvalue weighted by molar-refractivity contribution is 14.1. The van der Waals surface area contributed by atoms with Gasteiger partial charge in [-0.2, -0.15) is 0 Å². The molecule has 6 heteroatoms. The Bertz CT molecular complexity index is 547. The van der Waals surface area contributed by atoms with E-state index in [9.17, 15) is 9.90 Å². The molecule has 1 aliphatic carbocycles. The normalized spacial score (nSPS) is 23.9. The first-order valence-electron chi connectivity index (χ1n) is 6.29. The summed E-state index contributed by atoms with van der Waals surface area (Å²) >= 11 is 8.16. The van der Waals surface area contributed by atoms with Crippen molar-refractivity contribution in [3.8, 4) is 5.75 Å². The highest BCUT2D eigenvalue weighted by Crippen LogP contribution is 2.40. The third kappa shape index (κ3) is 2.76. The summed E-state index contributed by atoms with van der Waals surface area (Å²) in [6.45, 7) is 3.87. The third-order valence-electron chi connectivity index (χ3n) is 4.01. The van der Waals surface area contributed by atoms with E-state index < -0.39 is 0 Å². The van der Waals surface area contributed by atoms with Crippen molar-refractivity contribution in [1.29, 1.82) is 0 Å².